The smallest absolute Gasteiger partial charge is 0.235 e. The van der Waals surface area contributed by atoms with Gasteiger partial charge < -0.3 is 4.74 Å². The molecule has 2 rings (SSSR count). The molecule has 0 aliphatic rings. The van der Waals surface area contributed by atoms with Gasteiger partial charge >= 0.3 is 0 Å². The minimum absolute atomic E-state index is 0.379. The molecule has 102 valence electrons. The van der Waals surface area contributed by atoms with Crippen molar-refractivity contribution in [3.05, 3.63) is 81.0 Å². The molecule has 2 aromatic carbocycles. The first-order valence-corrected chi connectivity index (χ1v) is 6.31. The second kappa shape index (κ2) is 6.73. The third-order valence-electron chi connectivity index (χ3n) is 2.62. The fraction of sp³-hybridized carbons (Fsp3) is 0.0667. The van der Waals surface area contributed by atoms with Crippen LogP contribution in [-0.2, 0) is 6.61 Å². The monoisotopic (exact) mass is 289 g/mol. The largest absolute Gasteiger partial charge is 0.489 e. The Balaban J connectivity index is 1.97. The van der Waals surface area contributed by atoms with Crippen molar-refractivity contribution in [1.29, 1.82) is 0 Å². The molecule has 0 saturated heterocycles. The van der Waals surface area contributed by atoms with Crippen LogP contribution >= 0.6 is 11.6 Å². The first-order valence-electron chi connectivity index (χ1n) is 5.93. The van der Waals surface area contributed by atoms with Crippen molar-refractivity contribution in [3.8, 4) is 5.75 Å². The summed E-state index contributed by atoms with van der Waals surface area (Å²) in [5.74, 6) is 0.683. The van der Waals surface area contributed by atoms with Crippen LogP contribution in [-0.4, -0.2) is 4.92 Å². The first kappa shape index (κ1) is 14.1. The van der Waals surface area contributed by atoms with Crippen molar-refractivity contribution in [2.45, 2.75) is 6.61 Å². The van der Waals surface area contributed by atoms with Gasteiger partial charge in [0.1, 0.15) is 12.4 Å². The Kier molecular flexibility index (Phi) is 4.74. The summed E-state index contributed by atoms with van der Waals surface area (Å²) in [4.78, 5) is 9.71. The topological polar surface area (TPSA) is 52.4 Å². The molecule has 0 fully saturated rings. The summed E-state index contributed by atoms with van der Waals surface area (Å²) in [7, 11) is 0. The quantitative estimate of drug-likeness (QED) is 0.613. The molecule has 20 heavy (non-hydrogen) atoms. The van der Waals surface area contributed by atoms with Crippen LogP contribution in [0.1, 0.15) is 11.1 Å². The molecule has 0 aromatic heterocycles. The summed E-state index contributed by atoms with van der Waals surface area (Å²) in [6.45, 7) is 0.379. The van der Waals surface area contributed by atoms with Crippen molar-refractivity contribution >= 4 is 17.7 Å². The SMILES string of the molecule is O=[N+]([O-])/C=C\c1ccc(OCc2ccccc2Cl)cc1. The lowest BCUT2D eigenvalue weighted by atomic mass is 10.2. The Morgan fingerprint density at radius 1 is 1.15 bits per heavy atom. The molecule has 4 nitrogen and oxygen atoms in total. The summed E-state index contributed by atoms with van der Waals surface area (Å²) in [6, 6.07) is 14.5. The van der Waals surface area contributed by atoms with Crippen LogP contribution in [0.4, 0.5) is 0 Å². The van der Waals surface area contributed by atoms with Crippen molar-refractivity contribution in [1.82, 2.24) is 0 Å². The molecular formula is C15H12ClNO3. The minimum atomic E-state index is -0.498. The second-order valence-corrected chi connectivity index (χ2v) is 4.46. The first-order chi connectivity index (χ1) is 9.65. The van der Waals surface area contributed by atoms with Crippen LogP contribution < -0.4 is 4.74 Å². The Morgan fingerprint density at radius 2 is 1.85 bits per heavy atom. The highest BCUT2D eigenvalue weighted by Crippen LogP contribution is 2.19. The number of rotatable bonds is 5. The molecule has 0 atom stereocenters. The molecule has 0 amide bonds. The number of nitrogens with zero attached hydrogens (tertiary/aromatic N) is 1. The Hall–Kier alpha value is -2.33. The average Bonchev–Trinajstić information content (AvgIpc) is 2.45. The van der Waals surface area contributed by atoms with Gasteiger partial charge in [-0.3, -0.25) is 10.1 Å². The van der Waals surface area contributed by atoms with E-state index in [2.05, 4.69) is 0 Å². The zero-order chi connectivity index (χ0) is 14.4. The molecule has 0 bridgehead atoms. The highest BCUT2D eigenvalue weighted by molar-refractivity contribution is 6.31. The summed E-state index contributed by atoms with van der Waals surface area (Å²) < 4.78 is 5.61. The van der Waals surface area contributed by atoms with Gasteiger partial charge in [-0.2, -0.15) is 0 Å². The Bertz CT molecular complexity index is 623. The maximum atomic E-state index is 10.2. The Morgan fingerprint density at radius 3 is 2.50 bits per heavy atom. The number of ether oxygens (including phenoxy) is 1. The maximum absolute atomic E-state index is 10.2. The molecule has 0 N–H and O–H groups in total. The third-order valence-corrected chi connectivity index (χ3v) is 2.99. The van der Waals surface area contributed by atoms with Gasteiger partial charge in [-0.15, -0.1) is 0 Å². The average molecular weight is 290 g/mol. The van der Waals surface area contributed by atoms with Crippen molar-refractivity contribution in [3.63, 3.8) is 0 Å². The van der Waals surface area contributed by atoms with Crippen LogP contribution in [0, 0.1) is 10.1 Å². The van der Waals surface area contributed by atoms with E-state index in [9.17, 15) is 10.1 Å². The van der Waals surface area contributed by atoms with Crippen molar-refractivity contribution < 1.29 is 9.66 Å². The van der Waals surface area contributed by atoms with Gasteiger partial charge in [0, 0.05) is 16.7 Å². The molecule has 0 aliphatic heterocycles. The van der Waals surface area contributed by atoms with Gasteiger partial charge in [-0.05, 0) is 23.8 Å². The lowest BCUT2D eigenvalue weighted by molar-refractivity contribution is -0.400. The second-order valence-electron chi connectivity index (χ2n) is 4.05. The molecule has 0 unspecified atom stereocenters. The van der Waals surface area contributed by atoms with E-state index in [1.807, 2.05) is 24.3 Å². The molecule has 5 heteroatoms. The van der Waals surface area contributed by atoms with Crippen molar-refractivity contribution in [2.75, 3.05) is 0 Å². The van der Waals surface area contributed by atoms with E-state index in [0.29, 0.717) is 17.4 Å². The highest BCUT2D eigenvalue weighted by Gasteiger charge is 2.00. The zero-order valence-corrected chi connectivity index (χ0v) is 11.3. The molecule has 0 spiro atoms. The van der Waals surface area contributed by atoms with E-state index in [1.54, 1.807) is 24.3 Å². The number of benzene rings is 2. The third kappa shape index (κ3) is 4.10. The molecule has 0 heterocycles. The summed E-state index contributed by atoms with van der Waals surface area (Å²) >= 11 is 6.03. The summed E-state index contributed by atoms with van der Waals surface area (Å²) in [5, 5.41) is 10.9. The molecule has 0 saturated carbocycles. The number of nitro groups is 1. The number of halogens is 1. The van der Waals surface area contributed by atoms with Crippen molar-refractivity contribution in [2.24, 2.45) is 0 Å². The molecular weight excluding hydrogens is 278 g/mol. The maximum Gasteiger partial charge on any atom is 0.235 e. The lowest BCUT2D eigenvalue weighted by Crippen LogP contribution is -1.95. The van der Waals surface area contributed by atoms with E-state index in [4.69, 9.17) is 16.3 Å². The van der Waals surface area contributed by atoms with Gasteiger partial charge in [0.2, 0.25) is 6.20 Å². The van der Waals surface area contributed by atoms with E-state index < -0.39 is 4.92 Å². The zero-order valence-electron chi connectivity index (χ0n) is 10.5. The van der Waals surface area contributed by atoms with Crippen LogP contribution in [0.3, 0.4) is 0 Å². The predicted molar refractivity (Wildman–Crippen MR) is 78.3 cm³/mol. The van der Waals surface area contributed by atoms with E-state index in [-0.39, 0.29) is 0 Å². The normalized spacial score (nSPS) is 10.7. The van der Waals surface area contributed by atoms with Gasteiger partial charge in [0.15, 0.2) is 0 Å². The predicted octanol–water partition coefficient (Wildman–Crippen LogP) is 4.17. The lowest BCUT2D eigenvalue weighted by Gasteiger charge is -2.07. The van der Waals surface area contributed by atoms with Gasteiger partial charge in [0.25, 0.3) is 0 Å². The Labute approximate surface area is 121 Å². The standard InChI is InChI=1S/C15H12ClNO3/c16-15-4-2-1-3-13(15)11-20-14-7-5-12(6-8-14)9-10-17(18)19/h1-10H,11H2/b10-9-. The minimum Gasteiger partial charge on any atom is -0.489 e. The van der Waals surface area contributed by atoms with E-state index >= 15 is 0 Å². The van der Waals surface area contributed by atoms with Crippen LogP contribution in [0.2, 0.25) is 5.02 Å². The number of hydrogen-bond donors (Lipinski definition) is 0. The fourth-order valence-electron chi connectivity index (χ4n) is 1.60. The summed E-state index contributed by atoms with van der Waals surface area (Å²) in [5.41, 5.74) is 1.65. The van der Waals surface area contributed by atoms with Gasteiger partial charge in [-0.25, -0.2) is 0 Å². The molecule has 0 aliphatic carbocycles. The van der Waals surface area contributed by atoms with E-state index in [1.165, 1.54) is 6.08 Å². The van der Waals surface area contributed by atoms with Crippen LogP contribution in [0.5, 0.6) is 5.75 Å². The van der Waals surface area contributed by atoms with E-state index in [0.717, 1.165) is 17.3 Å². The highest BCUT2D eigenvalue weighted by atomic mass is 35.5. The van der Waals surface area contributed by atoms with Gasteiger partial charge in [-0.1, -0.05) is 41.9 Å². The van der Waals surface area contributed by atoms with Gasteiger partial charge in [0.05, 0.1) is 4.92 Å². The molecule has 0 radical (unpaired) electrons. The fourth-order valence-corrected chi connectivity index (χ4v) is 1.79. The number of hydrogen-bond acceptors (Lipinski definition) is 3. The van der Waals surface area contributed by atoms with Crippen LogP contribution in [0.25, 0.3) is 6.08 Å². The van der Waals surface area contributed by atoms with Crippen LogP contribution in [0.15, 0.2) is 54.7 Å². The molecule has 2 aromatic rings. The summed E-state index contributed by atoms with van der Waals surface area (Å²) in [6.07, 6.45) is 2.33.